The van der Waals surface area contributed by atoms with E-state index in [1.54, 1.807) is 11.8 Å². The first-order chi connectivity index (χ1) is 7.33. The fraction of sp³-hybridized carbons (Fsp3) is 0.692. The van der Waals surface area contributed by atoms with E-state index in [1.807, 2.05) is 6.08 Å². The van der Waals surface area contributed by atoms with E-state index in [1.165, 1.54) is 19.3 Å². The van der Waals surface area contributed by atoms with Crippen LogP contribution in [-0.4, -0.2) is 16.8 Å². The maximum absolute atomic E-state index is 11.0. The lowest BCUT2D eigenvalue weighted by atomic mass is 10.1. The van der Waals surface area contributed by atoms with Crippen LogP contribution >= 0.6 is 11.8 Å². The lowest BCUT2D eigenvalue weighted by Crippen LogP contribution is -2.18. The Hall–Kier alpha value is -0.460. The average molecular weight is 224 g/mol. The Labute approximate surface area is 97.0 Å². The summed E-state index contributed by atoms with van der Waals surface area (Å²) in [5, 5.41) is 0. The summed E-state index contributed by atoms with van der Waals surface area (Å²) in [5.41, 5.74) is 3.18. The lowest BCUT2D eigenvalue weighted by molar-refractivity contribution is -0.108. The lowest BCUT2D eigenvalue weighted by Gasteiger charge is -2.12. The highest BCUT2D eigenvalue weighted by molar-refractivity contribution is 8.01. The quantitative estimate of drug-likeness (QED) is 0.388. The van der Waals surface area contributed by atoms with Crippen molar-refractivity contribution in [1.29, 1.82) is 0 Å². The van der Waals surface area contributed by atoms with Crippen LogP contribution in [0, 0.1) is 0 Å². The van der Waals surface area contributed by atoms with Crippen molar-refractivity contribution >= 4 is 18.0 Å². The Kier molecular flexibility index (Phi) is 5.82. The molecule has 2 heteroatoms. The van der Waals surface area contributed by atoms with E-state index in [2.05, 4.69) is 18.7 Å². The first-order valence-corrected chi connectivity index (χ1v) is 6.84. The van der Waals surface area contributed by atoms with E-state index < -0.39 is 0 Å². The zero-order valence-corrected chi connectivity index (χ0v) is 10.3. The summed E-state index contributed by atoms with van der Waals surface area (Å²) in [4.78, 5) is 11.0. The van der Waals surface area contributed by atoms with Crippen molar-refractivity contribution in [3.63, 3.8) is 0 Å². The maximum atomic E-state index is 11.0. The fourth-order valence-corrected chi connectivity index (χ4v) is 2.88. The molecule has 0 N–H and O–H groups in total. The second kappa shape index (κ2) is 6.92. The molecule has 0 bridgehead atoms. The summed E-state index contributed by atoms with van der Waals surface area (Å²) in [5.74, 6) is 1.10. The SMILES string of the molecule is CCCCCC=C=C[C@@]1(C=O)CCCS1. The van der Waals surface area contributed by atoms with Gasteiger partial charge in [0, 0.05) is 0 Å². The summed E-state index contributed by atoms with van der Waals surface area (Å²) >= 11 is 1.75. The highest BCUT2D eigenvalue weighted by Gasteiger charge is 2.31. The van der Waals surface area contributed by atoms with E-state index >= 15 is 0 Å². The normalized spacial score (nSPS) is 24.6. The van der Waals surface area contributed by atoms with Gasteiger partial charge in [-0.05, 0) is 43.6 Å². The molecule has 0 aliphatic carbocycles. The molecule has 15 heavy (non-hydrogen) atoms. The van der Waals surface area contributed by atoms with Crippen LogP contribution in [0.4, 0.5) is 0 Å². The third-order valence-electron chi connectivity index (χ3n) is 2.68. The Morgan fingerprint density at radius 1 is 1.47 bits per heavy atom. The van der Waals surface area contributed by atoms with Gasteiger partial charge in [-0.3, -0.25) is 0 Å². The Morgan fingerprint density at radius 3 is 2.93 bits per heavy atom. The molecule has 1 aliphatic heterocycles. The monoisotopic (exact) mass is 224 g/mol. The number of rotatable bonds is 6. The minimum atomic E-state index is -0.249. The number of carbonyl (C=O) groups excluding carboxylic acids is 1. The summed E-state index contributed by atoms with van der Waals surface area (Å²) in [6.45, 7) is 2.20. The molecular formula is C13H20OS. The average Bonchev–Trinajstić information content (AvgIpc) is 2.73. The van der Waals surface area contributed by atoms with Crippen molar-refractivity contribution < 1.29 is 4.79 Å². The standard InChI is InChI=1S/C13H20OS/c1-2-3-4-5-6-7-9-13(12-14)10-8-11-15-13/h6,9,12H,2-5,8,10-11H2,1H3/t7?,13-/m0/s1. The van der Waals surface area contributed by atoms with Crippen LogP contribution in [0.25, 0.3) is 0 Å². The van der Waals surface area contributed by atoms with Crippen molar-refractivity contribution in [3.05, 3.63) is 17.9 Å². The fourth-order valence-electron chi connectivity index (χ4n) is 1.70. The molecule has 1 rings (SSSR count). The number of hydrogen-bond donors (Lipinski definition) is 0. The molecule has 1 aliphatic rings. The molecule has 1 nitrogen and oxygen atoms in total. The van der Waals surface area contributed by atoms with Crippen LogP contribution in [-0.2, 0) is 4.79 Å². The molecule has 0 unspecified atom stereocenters. The highest BCUT2D eigenvalue weighted by atomic mass is 32.2. The third kappa shape index (κ3) is 4.27. The van der Waals surface area contributed by atoms with Crippen molar-refractivity contribution in [2.45, 2.75) is 50.2 Å². The van der Waals surface area contributed by atoms with Gasteiger partial charge in [-0.2, -0.15) is 0 Å². The van der Waals surface area contributed by atoms with Crippen LogP contribution in [0.2, 0.25) is 0 Å². The van der Waals surface area contributed by atoms with Crippen LogP contribution in [0.15, 0.2) is 17.9 Å². The van der Waals surface area contributed by atoms with Crippen LogP contribution in [0.1, 0.15) is 45.4 Å². The maximum Gasteiger partial charge on any atom is 0.140 e. The molecule has 84 valence electrons. The van der Waals surface area contributed by atoms with E-state index in [-0.39, 0.29) is 4.75 Å². The van der Waals surface area contributed by atoms with E-state index in [0.29, 0.717) is 0 Å². The predicted molar refractivity (Wildman–Crippen MR) is 67.3 cm³/mol. The number of unbranched alkanes of at least 4 members (excludes halogenated alkanes) is 3. The molecule has 0 amide bonds. The zero-order chi connectivity index (χ0) is 11.0. The second-order valence-electron chi connectivity index (χ2n) is 4.04. The van der Waals surface area contributed by atoms with Gasteiger partial charge in [-0.25, -0.2) is 0 Å². The largest absolute Gasteiger partial charge is 0.301 e. The van der Waals surface area contributed by atoms with Crippen LogP contribution in [0.3, 0.4) is 0 Å². The van der Waals surface area contributed by atoms with Gasteiger partial charge in [0.05, 0.1) is 4.75 Å². The summed E-state index contributed by atoms with van der Waals surface area (Å²) in [6.07, 6.45) is 12.1. The van der Waals surface area contributed by atoms with Gasteiger partial charge in [0.1, 0.15) is 6.29 Å². The van der Waals surface area contributed by atoms with Gasteiger partial charge in [0.2, 0.25) is 0 Å². The van der Waals surface area contributed by atoms with Gasteiger partial charge in [-0.15, -0.1) is 17.5 Å². The summed E-state index contributed by atoms with van der Waals surface area (Å²) < 4.78 is -0.249. The van der Waals surface area contributed by atoms with Gasteiger partial charge in [-0.1, -0.05) is 19.8 Å². The number of aldehydes is 1. The zero-order valence-electron chi connectivity index (χ0n) is 9.50. The van der Waals surface area contributed by atoms with Crippen molar-refractivity contribution in [3.8, 4) is 0 Å². The van der Waals surface area contributed by atoms with Crippen molar-refractivity contribution in [2.24, 2.45) is 0 Å². The Morgan fingerprint density at radius 2 is 2.33 bits per heavy atom. The molecule has 0 aromatic carbocycles. The molecule has 0 aromatic rings. The summed E-state index contributed by atoms with van der Waals surface area (Å²) in [7, 11) is 0. The molecule has 1 atom stereocenters. The highest BCUT2D eigenvalue weighted by Crippen LogP contribution is 2.37. The van der Waals surface area contributed by atoms with Gasteiger partial charge in [0.25, 0.3) is 0 Å². The number of carbonyl (C=O) groups is 1. The first-order valence-electron chi connectivity index (χ1n) is 5.85. The van der Waals surface area contributed by atoms with Gasteiger partial charge < -0.3 is 4.79 Å². The molecule has 1 fully saturated rings. The molecular weight excluding hydrogens is 204 g/mol. The Balaban J connectivity index is 2.37. The van der Waals surface area contributed by atoms with Gasteiger partial charge in [0.15, 0.2) is 0 Å². The van der Waals surface area contributed by atoms with Crippen LogP contribution < -0.4 is 0 Å². The van der Waals surface area contributed by atoms with Crippen LogP contribution in [0.5, 0.6) is 0 Å². The van der Waals surface area contributed by atoms with E-state index in [4.69, 9.17) is 0 Å². The molecule has 0 spiro atoms. The number of hydrogen-bond acceptors (Lipinski definition) is 2. The number of thioether (sulfide) groups is 1. The van der Waals surface area contributed by atoms with Gasteiger partial charge >= 0.3 is 0 Å². The first kappa shape index (κ1) is 12.6. The topological polar surface area (TPSA) is 17.1 Å². The molecule has 1 saturated heterocycles. The van der Waals surface area contributed by atoms with Crippen molar-refractivity contribution in [1.82, 2.24) is 0 Å². The molecule has 0 radical (unpaired) electrons. The smallest absolute Gasteiger partial charge is 0.140 e. The molecule has 1 heterocycles. The Bertz CT molecular complexity index is 245. The minimum Gasteiger partial charge on any atom is -0.301 e. The predicted octanol–water partition coefficient (Wildman–Crippen LogP) is 3.74. The molecule has 0 aromatic heterocycles. The third-order valence-corrected chi connectivity index (χ3v) is 4.13. The minimum absolute atomic E-state index is 0.249. The second-order valence-corrected chi connectivity index (χ2v) is 5.49. The van der Waals surface area contributed by atoms with E-state index in [9.17, 15) is 4.79 Å². The van der Waals surface area contributed by atoms with E-state index in [0.717, 1.165) is 31.3 Å². The molecule has 0 saturated carbocycles. The van der Waals surface area contributed by atoms with Crippen molar-refractivity contribution in [2.75, 3.05) is 5.75 Å². The summed E-state index contributed by atoms with van der Waals surface area (Å²) in [6, 6.07) is 0.